The third kappa shape index (κ3) is 7.01. The molecule has 2 aromatic rings. The molecule has 1 saturated carbocycles. The molecule has 2 fully saturated rings. The fraction of sp³-hybridized carbons (Fsp3) is 0.640. The third-order valence-electron chi connectivity index (χ3n) is 6.58. The van der Waals surface area contributed by atoms with Crippen molar-refractivity contribution in [2.75, 3.05) is 33.4 Å². The lowest BCUT2D eigenvalue weighted by atomic mass is 9.97. The first kappa shape index (κ1) is 23.7. The summed E-state index contributed by atoms with van der Waals surface area (Å²) in [7, 11) is 1.64. The Morgan fingerprint density at radius 1 is 1.15 bits per heavy atom. The van der Waals surface area contributed by atoms with Crippen LogP contribution in [0.2, 0.25) is 0 Å². The lowest BCUT2D eigenvalue weighted by molar-refractivity contribution is -0.126. The van der Waals surface area contributed by atoms with Gasteiger partial charge in [-0.2, -0.15) is 4.98 Å². The molecule has 8 nitrogen and oxygen atoms in total. The number of rotatable bonds is 10. The van der Waals surface area contributed by atoms with Crippen LogP contribution in [0.4, 0.5) is 0 Å². The Labute approximate surface area is 196 Å². The first-order chi connectivity index (χ1) is 16.2. The molecular formula is C25H36N4O4. The maximum absolute atomic E-state index is 12.7. The van der Waals surface area contributed by atoms with Crippen molar-refractivity contribution in [3.05, 3.63) is 30.2 Å². The van der Waals surface area contributed by atoms with Gasteiger partial charge >= 0.3 is 0 Å². The molecule has 1 aromatic carbocycles. The van der Waals surface area contributed by atoms with E-state index in [2.05, 4.69) is 20.4 Å². The van der Waals surface area contributed by atoms with Gasteiger partial charge in [-0.15, -0.1) is 0 Å². The van der Waals surface area contributed by atoms with E-state index in [9.17, 15) is 4.79 Å². The number of amides is 1. The molecule has 8 heteroatoms. The van der Waals surface area contributed by atoms with Gasteiger partial charge in [-0.1, -0.05) is 24.4 Å². The van der Waals surface area contributed by atoms with Crippen LogP contribution in [0, 0.1) is 5.92 Å². The number of carbonyl (C=O) groups excluding carboxylic acids is 1. The number of ether oxygens (including phenoxy) is 2. The van der Waals surface area contributed by atoms with Crippen molar-refractivity contribution in [1.29, 1.82) is 0 Å². The molecule has 2 heterocycles. The molecule has 1 N–H and O–H groups in total. The zero-order valence-electron chi connectivity index (χ0n) is 19.6. The van der Waals surface area contributed by atoms with Gasteiger partial charge in [0.1, 0.15) is 5.75 Å². The molecule has 1 unspecified atom stereocenters. The number of hydrogen-bond donors (Lipinski definition) is 1. The molecule has 1 aliphatic carbocycles. The first-order valence-corrected chi connectivity index (χ1v) is 12.3. The number of nitrogens with zero attached hydrogens (tertiary/aromatic N) is 3. The second-order valence-electron chi connectivity index (χ2n) is 9.09. The van der Waals surface area contributed by atoms with E-state index < -0.39 is 0 Å². The molecular weight excluding hydrogens is 420 g/mol. The topological polar surface area (TPSA) is 89.7 Å². The van der Waals surface area contributed by atoms with E-state index in [-0.39, 0.29) is 11.8 Å². The Morgan fingerprint density at radius 2 is 1.97 bits per heavy atom. The van der Waals surface area contributed by atoms with Crippen molar-refractivity contribution in [2.24, 2.45) is 5.92 Å². The van der Waals surface area contributed by atoms with Crippen molar-refractivity contribution in [2.45, 2.75) is 64.0 Å². The predicted octanol–water partition coefficient (Wildman–Crippen LogP) is 3.81. The van der Waals surface area contributed by atoms with E-state index in [0.717, 1.165) is 43.7 Å². The van der Waals surface area contributed by atoms with Crippen molar-refractivity contribution >= 4 is 5.91 Å². The zero-order chi connectivity index (χ0) is 22.9. The number of likely N-dealkylation sites (tertiary alicyclic amines) is 1. The normalized spacial score (nSPS) is 20.0. The average molecular weight is 457 g/mol. The van der Waals surface area contributed by atoms with Crippen LogP contribution in [0.25, 0.3) is 11.4 Å². The zero-order valence-corrected chi connectivity index (χ0v) is 19.6. The van der Waals surface area contributed by atoms with E-state index in [4.69, 9.17) is 14.0 Å². The lowest BCUT2D eigenvalue weighted by Gasteiger charge is -2.30. The van der Waals surface area contributed by atoms with Gasteiger partial charge in [0.05, 0.1) is 25.7 Å². The van der Waals surface area contributed by atoms with E-state index in [0.29, 0.717) is 37.5 Å². The van der Waals surface area contributed by atoms with Gasteiger partial charge in [0.2, 0.25) is 17.6 Å². The molecule has 180 valence electrons. The summed E-state index contributed by atoms with van der Waals surface area (Å²) in [6.07, 6.45) is 9.48. The van der Waals surface area contributed by atoms with Gasteiger partial charge in [-0.05, 0) is 62.9 Å². The van der Waals surface area contributed by atoms with Crippen molar-refractivity contribution in [3.8, 4) is 17.1 Å². The van der Waals surface area contributed by atoms with Crippen LogP contribution < -0.4 is 10.1 Å². The molecule has 33 heavy (non-hydrogen) atoms. The second kappa shape index (κ2) is 12.1. The molecule has 1 atom stereocenters. The average Bonchev–Trinajstić information content (AvgIpc) is 3.33. The highest BCUT2D eigenvalue weighted by atomic mass is 16.5. The van der Waals surface area contributed by atoms with E-state index in [1.54, 1.807) is 7.11 Å². The standard InChI is InChI=1S/C25H36N4O4/c1-31-21-12-10-19(11-13-21)24-27-23(33-28-24)18-29-15-5-7-20(17-29)25(30)26-14-6-16-32-22-8-3-2-4-9-22/h10-13,20,22H,2-9,14-18H2,1H3,(H,26,30). The van der Waals surface area contributed by atoms with Crippen molar-refractivity contribution in [3.63, 3.8) is 0 Å². The summed E-state index contributed by atoms with van der Waals surface area (Å²) >= 11 is 0. The minimum Gasteiger partial charge on any atom is -0.497 e. The third-order valence-corrected chi connectivity index (χ3v) is 6.58. The summed E-state index contributed by atoms with van der Waals surface area (Å²) in [4.78, 5) is 19.4. The van der Waals surface area contributed by atoms with Gasteiger partial charge in [0.15, 0.2) is 0 Å². The van der Waals surface area contributed by atoms with Gasteiger partial charge in [0, 0.05) is 25.3 Å². The molecule has 1 aliphatic heterocycles. The lowest BCUT2D eigenvalue weighted by Crippen LogP contribution is -2.43. The minimum atomic E-state index is 0.00185. The molecule has 0 spiro atoms. The number of aromatic nitrogens is 2. The highest BCUT2D eigenvalue weighted by Gasteiger charge is 2.26. The van der Waals surface area contributed by atoms with Crippen LogP contribution in [0.5, 0.6) is 5.75 Å². The number of methoxy groups -OCH3 is 1. The van der Waals surface area contributed by atoms with Crippen LogP contribution in [0.3, 0.4) is 0 Å². The number of hydrogen-bond acceptors (Lipinski definition) is 7. The highest BCUT2D eigenvalue weighted by Crippen LogP contribution is 2.22. The van der Waals surface area contributed by atoms with E-state index in [1.807, 2.05) is 24.3 Å². The van der Waals surface area contributed by atoms with Gasteiger partial charge in [-0.25, -0.2) is 0 Å². The molecule has 4 rings (SSSR count). The van der Waals surface area contributed by atoms with Crippen LogP contribution in [0.1, 0.15) is 57.3 Å². The number of nitrogens with one attached hydrogen (secondary N) is 1. The summed E-state index contributed by atoms with van der Waals surface area (Å²) in [6.45, 7) is 3.61. The van der Waals surface area contributed by atoms with E-state index >= 15 is 0 Å². The van der Waals surface area contributed by atoms with Crippen LogP contribution in [-0.2, 0) is 16.1 Å². The Hall–Kier alpha value is -2.45. The summed E-state index contributed by atoms with van der Waals surface area (Å²) in [5.74, 6) is 2.07. The molecule has 1 amide bonds. The van der Waals surface area contributed by atoms with Crippen molar-refractivity contribution in [1.82, 2.24) is 20.4 Å². The van der Waals surface area contributed by atoms with Crippen LogP contribution >= 0.6 is 0 Å². The van der Waals surface area contributed by atoms with Crippen molar-refractivity contribution < 1.29 is 18.8 Å². The van der Waals surface area contributed by atoms with Gasteiger partial charge < -0.3 is 19.3 Å². The fourth-order valence-corrected chi connectivity index (χ4v) is 4.69. The predicted molar refractivity (Wildman–Crippen MR) is 125 cm³/mol. The summed E-state index contributed by atoms with van der Waals surface area (Å²) in [6, 6.07) is 7.58. The smallest absolute Gasteiger partial charge is 0.241 e. The Balaban J connectivity index is 1.18. The molecule has 0 bridgehead atoms. The monoisotopic (exact) mass is 456 g/mol. The number of piperidine rings is 1. The highest BCUT2D eigenvalue weighted by molar-refractivity contribution is 5.78. The maximum atomic E-state index is 12.7. The van der Waals surface area contributed by atoms with Crippen LogP contribution in [0.15, 0.2) is 28.8 Å². The Kier molecular flexibility index (Phi) is 8.72. The Bertz CT molecular complexity index is 864. The summed E-state index contributed by atoms with van der Waals surface area (Å²) in [5.41, 5.74) is 0.883. The first-order valence-electron chi connectivity index (χ1n) is 12.3. The van der Waals surface area contributed by atoms with Gasteiger partial charge in [-0.3, -0.25) is 9.69 Å². The minimum absolute atomic E-state index is 0.00185. The molecule has 0 radical (unpaired) electrons. The SMILES string of the molecule is COc1ccc(-c2noc(CN3CCCC(C(=O)NCCCOC4CCCCC4)C3)n2)cc1. The summed E-state index contributed by atoms with van der Waals surface area (Å²) in [5, 5.41) is 7.21. The molecule has 1 saturated heterocycles. The van der Waals surface area contributed by atoms with E-state index in [1.165, 1.54) is 32.1 Å². The second-order valence-corrected chi connectivity index (χ2v) is 9.09. The van der Waals surface area contributed by atoms with Crippen LogP contribution in [-0.4, -0.2) is 60.4 Å². The Morgan fingerprint density at radius 3 is 2.76 bits per heavy atom. The summed E-state index contributed by atoms with van der Waals surface area (Å²) < 4.78 is 16.6. The largest absolute Gasteiger partial charge is 0.497 e. The molecule has 2 aliphatic rings. The number of carbonyl (C=O) groups is 1. The number of benzene rings is 1. The van der Waals surface area contributed by atoms with Gasteiger partial charge in [0.25, 0.3) is 0 Å². The maximum Gasteiger partial charge on any atom is 0.241 e. The molecule has 1 aromatic heterocycles. The quantitative estimate of drug-likeness (QED) is 0.544. The fourth-order valence-electron chi connectivity index (χ4n) is 4.69.